The van der Waals surface area contributed by atoms with Gasteiger partial charge in [-0.15, -0.1) is 0 Å². The molecule has 21 heavy (non-hydrogen) atoms. The quantitative estimate of drug-likeness (QED) is 0.626. The van der Waals surface area contributed by atoms with Crippen molar-refractivity contribution >= 4 is 0 Å². The summed E-state index contributed by atoms with van der Waals surface area (Å²) in [7, 11) is 0. The first-order valence-electron chi connectivity index (χ1n) is 9.29. The fraction of sp³-hybridized carbons (Fsp3) is 0.900. The number of aliphatic hydroxyl groups excluding tert-OH is 1. The molecule has 3 fully saturated rings. The zero-order chi connectivity index (χ0) is 14.8. The molecule has 7 atom stereocenters. The van der Waals surface area contributed by atoms with Crippen molar-refractivity contribution in [1.29, 1.82) is 0 Å². The first kappa shape index (κ1) is 14.3. The summed E-state index contributed by atoms with van der Waals surface area (Å²) in [5, 5.41) is 10.1. The molecule has 1 heteroatoms. The predicted octanol–water partition coefficient (Wildman–Crippen LogP) is 4.95. The molecule has 4 aliphatic carbocycles. The van der Waals surface area contributed by atoms with Crippen LogP contribution in [0, 0.1) is 34.5 Å². The second-order valence-corrected chi connectivity index (χ2v) is 9.25. The first-order chi connectivity index (χ1) is 9.93. The van der Waals surface area contributed by atoms with Crippen molar-refractivity contribution in [3.63, 3.8) is 0 Å². The molecule has 4 rings (SSSR count). The summed E-state index contributed by atoms with van der Waals surface area (Å²) in [5.41, 5.74) is 2.72. The summed E-state index contributed by atoms with van der Waals surface area (Å²) in [6, 6.07) is 0. The Kier molecular flexibility index (Phi) is 3.13. The van der Waals surface area contributed by atoms with Gasteiger partial charge in [0.1, 0.15) is 0 Å². The molecule has 0 aromatic carbocycles. The van der Waals surface area contributed by atoms with Crippen molar-refractivity contribution in [2.24, 2.45) is 34.5 Å². The second kappa shape index (κ2) is 4.60. The lowest BCUT2D eigenvalue weighted by atomic mass is 9.45. The Morgan fingerprint density at radius 1 is 1.10 bits per heavy atom. The Morgan fingerprint density at radius 2 is 1.90 bits per heavy atom. The molecule has 0 aromatic heterocycles. The molecule has 0 saturated heterocycles. The average Bonchev–Trinajstić information content (AvgIpc) is 2.74. The summed E-state index contributed by atoms with van der Waals surface area (Å²) in [4.78, 5) is 0. The maximum Gasteiger partial charge on any atom is 0.0543 e. The third-order valence-electron chi connectivity index (χ3n) is 8.54. The van der Waals surface area contributed by atoms with Crippen molar-refractivity contribution in [2.75, 3.05) is 0 Å². The monoisotopic (exact) mass is 288 g/mol. The van der Waals surface area contributed by atoms with Crippen LogP contribution < -0.4 is 0 Å². The van der Waals surface area contributed by atoms with Gasteiger partial charge in [0.2, 0.25) is 0 Å². The summed E-state index contributed by atoms with van der Waals surface area (Å²) < 4.78 is 0. The first-order valence-corrected chi connectivity index (χ1v) is 9.29. The Hall–Kier alpha value is -0.300. The van der Waals surface area contributed by atoms with E-state index >= 15 is 0 Å². The van der Waals surface area contributed by atoms with Gasteiger partial charge in [0, 0.05) is 0 Å². The van der Waals surface area contributed by atoms with Crippen molar-refractivity contribution < 1.29 is 5.11 Å². The van der Waals surface area contributed by atoms with Gasteiger partial charge in [-0.25, -0.2) is 0 Å². The van der Waals surface area contributed by atoms with E-state index < -0.39 is 0 Å². The summed E-state index contributed by atoms with van der Waals surface area (Å²) in [5.74, 6) is 3.58. The molecule has 0 aliphatic heterocycles. The third kappa shape index (κ3) is 1.92. The van der Waals surface area contributed by atoms with E-state index in [0.29, 0.717) is 10.8 Å². The van der Waals surface area contributed by atoms with Crippen LogP contribution in [-0.4, -0.2) is 11.2 Å². The van der Waals surface area contributed by atoms with Crippen LogP contribution in [0.4, 0.5) is 0 Å². The molecule has 0 radical (unpaired) electrons. The highest BCUT2D eigenvalue weighted by atomic mass is 16.3. The molecule has 1 nitrogen and oxygen atoms in total. The Balaban J connectivity index is 1.62. The molecule has 0 unspecified atom stereocenters. The molecule has 4 aliphatic rings. The van der Waals surface area contributed by atoms with Gasteiger partial charge in [-0.05, 0) is 92.8 Å². The maximum absolute atomic E-state index is 10.1. The normalized spacial score (nSPS) is 56.2. The van der Waals surface area contributed by atoms with Crippen LogP contribution in [0.5, 0.6) is 0 Å². The van der Waals surface area contributed by atoms with Crippen molar-refractivity contribution in [2.45, 2.75) is 78.2 Å². The molecule has 3 saturated carbocycles. The molecule has 0 amide bonds. The van der Waals surface area contributed by atoms with Crippen LogP contribution in [-0.2, 0) is 0 Å². The zero-order valence-corrected chi connectivity index (χ0v) is 14.1. The lowest BCUT2D eigenvalue weighted by Crippen LogP contribution is -2.52. The van der Waals surface area contributed by atoms with Crippen LogP contribution in [0.25, 0.3) is 0 Å². The van der Waals surface area contributed by atoms with Crippen LogP contribution in [0.1, 0.15) is 72.1 Å². The highest BCUT2D eigenvalue weighted by Gasteiger charge is 2.56. The highest BCUT2D eigenvalue weighted by molar-refractivity contribution is 5.23. The summed E-state index contributed by atoms with van der Waals surface area (Å²) in [6.07, 6.45) is 13.0. The van der Waals surface area contributed by atoms with Gasteiger partial charge >= 0.3 is 0 Å². The minimum absolute atomic E-state index is 0.0103. The van der Waals surface area contributed by atoms with Gasteiger partial charge < -0.3 is 5.11 Å². The number of rotatable bonds is 0. The SMILES string of the molecule is CC1=CC[C@H]2C[C@@H]3[C@H](CC[C@@H]4C[C@@H](O)CC[C@]43C)C[C@]12C. The molecule has 0 aromatic rings. The van der Waals surface area contributed by atoms with E-state index in [4.69, 9.17) is 0 Å². The van der Waals surface area contributed by atoms with E-state index in [0.717, 1.165) is 36.5 Å². The standard InChI is InChI=1S/C20H32O/c1-13-4-6-16-11-18-14(12-20(13,16)3)5-7-15-10-17(21)8-9-19(15,18)2/h4,14-18,21H,5-12H2,1-3H3/t14-,15-,16+,17+,18-,19-,20-/m1/s1. The average molecular weight is 288 g/mol. The van der Waals surface area contributed by atoms with E-state index in [9.17, 15) is 5.11 Å². The number of hydrogen-bond donors (Lipinski definition) is 1. The molecular formula is C20H32O. The van der Waals surface area contributed by atoms with Crippen molar-refractivity contribution in [3.05, 3.63) is 11.6 Å². The number of hydrogen-bond acceptors (Lipinski definition) is 1. The maximum atomic E-state index is 10.1. The number of allylic oxidation sites excluding steroid dienone is 2. The lowest BCUT2D eigenvalue weighted by Gasteiger charge is -2.60. The van der Waals surface area contributed by atoms with Gasteiger partial charge in [0.15, 0.2) is 0 Å². The van der Waals surface area contributed by atoms with Crippen LogP contribution in [0.3, 0.4) is 0 Å². The Labute approximate surface area is 130 Å². The van der Waals surface area contributed by atoms with Gasteiger partial charge in [0.25, 0.3) is 0 Å². The van der Waals surface area contributed by atoms with Gasteiger partial charge in [-0.1, -0.05) is 25.5 Å². The molecule has 1 N–H and O–H groups in total. The van der Waals surface area contributed by atoms with Gasteiger partial charge in [0.05, 0.1) is 6.10 Å². The molecule has 0 heterocycles. The largest absolute Gasteiger partial charge is 0.393 e. The molecule has 0 spiro atoms. The van der Waals surface area contributed by atoms with Gasteiger partial charge in [-0.3, -0.25) is 0 Å². The third-order valence-corrected chi connectivity index (χ3v) is 8.54. The minimum Gasteiger partial charge on any atom is -0.393 e. The smallest absolute Gasteiger partial charge is 0.0543 e. The van der Waals surface area contributed by atoms with Crippen LogP contribution >= 0.6 is 0 Å². The van der Waals surface area contributed by atoms with E-state index in [1.165, 1.54) is 38.5 Å². The Morgan fingerprint density at radius 3 is 2.71 bits per heavy atom. The van der Waals surface area contributed by atoms with Crippen molar-refractivity contribution in [3.8, 4) is 0 Å². The van der Waals surface area contributed by atoms with Gasteiger partial charge in [-0.2, -0.15) is 0 Å². The summed E-state index contributed by atoms with van der Waals surface area (Å²) in [6.45, 7) is 7.51. The van der Waals surface area contributed by atoms with Crippen LogP contribution in [0.2, 0.25) is 0 Å². The second-order valence-electron chi connectivity index (χ2n) is 9.25. The molecular weight excluding hydrogens is 256 g/mol. The van der Waals surface area contributed by atoms with Crippen molar-refractivity contribution in [1.82, 2.24) is 0 Å². The highest BCUT2D eigenvalue weighted by Crippen LogP contribution is 2.65. The van der Waals surface area contributed by atoms with E-state index in [1.807, 2.05) is 0 Å². The van der Waals surface area contributed by atoms with E-state index in [2.05, 4.69) is 26.8 Å². The fourth-order valence-corrected chi connectivity index (χ4v) is 6.86. The Bertz CT molecular complexity index is 466. The molecule has 118 valence electrons. The number of fused-ring (bicyclic) bond motifs is 4. The summed E-state index contributed by atoms with van der Waals surface area (Å²) >= 11 is 0. The van der Waals surface area contributed by atoms with E-state index in [1.54, 1.807) is 5.57 Å². The zero-order valence-electron chi connectivity index (χ0n) is 14.1. The number of aliphatic hydroxyl groups is 1. The minimum atomic E-state index is -0.0103. The molecule has 0 bridgehead atoms. The van der Waals surface area contributed by atoms with Crippen LogP contribution in [0.15, 0.2) is 11.6 Å². The lowest BCUT2D eigenvalue weighted by molar-refractivity contribution is -0.110. The fourth-order valence-electron chi connectivity index (χ4n) is 6.86. The predicted molar refractivity (Wildman–Crippen MR) is 86.9 cm³/mol. The topological polar surface area (TPSA) is 20.2 Å². The van der Waals surface area contributed by atoms with E-state index in [-0.39, 0.29) is 6.10 Å².